The summed E-state index contributed by atoms with van der Waals surface area (Å²) < 4.78 is 5.74. The molecular weight excluding hydrogens is 395 g/mol. The van der Waals surface area contributed by atoms with Gasteiger partial charge in [0.25, 0.3) is 5.91 Å². The summed E-state index contributed by atoms with van der Waals surface area (Å²) in [7, 11) is 0. The Balaban J connectivity index is 1.61. The molecule has 6 heteroatoms. The van der Waals surface area contributed by atoms with Crippen molar-refractivity contribution in [2.45, 2.75) is 38.3 Å². The lowest BCUT2D eigenvalue weighted by Gasteiger charge is -2.11. The van der Waals surface area contributed by atoms with Gasteiger partial charge in [-0.3, -0.25) is 4.79 Å². The van der Waals surface area contributed by atoms with Crippen molar-refractivity contribution in [1.82, 2.24) is 5.32 Å². The van der Waals surface area contributed by atoms with Gasteiger partial charge in [0, 0.05) is 21.7 Å². The van der Waals surface area contributed by atoms with Crippen molar-refractivity contribution in [1.29, 1.82) is 5.26 Å². The van der Waals surface area contributed by atoms with Gasteiger partial charge in [-0.15, -0.1) is 0 Å². The fourth-order valence-corrected chi connectivity index (χ4v) is 3.57. The van der Waals surface area contributed by atoms with Crippen LogP contribution in [-0.4, -0.2) is 11.9 Å². The number of amides is 1. The van der Waals surface area contributed by atoms with E-state index in [4.69, 9.17) is 27.9 Å². The number of carbonyl (C=O) groups is 1. The maximum Gasteiger partial charge on any atom is 0.262 e. The third-order valence-electron chi connectivity index (χ3n) is 4.66. The van der Waals surface area contributed by atoms with E-state index in [0.29, 0.717) is 22.4 Å². The van der Waals surface area contributed by atoms with E-state index in [1.807, 2.05) is 12.1 Å². The van der Waals surface area contributed by atoms with Crippen LogP contribution in [0.15, 0.2) is 48.0 Å². The summed E-state index contributed by atoms with van der Waals surface area (Å²) in [5, 5.41) is 13.4. The molecule has 3 rings (SSSR count). The number of ether oxygens (including phenoxy) is 1. The Hall–Kier alpha value is -2.48. The highest BCUT2D eigenvalue weighted by Gasteiger charge is 2.19. The topological polar surface area (TPSA) is 62.1 Å². The summed E-state index contributed by atoms with van der Waals surface area (Å²) in [6.07, 6.45) is 5.80. The number of rotatable bonds is 6. The molecule has 2 aromatic rings. The molecular formula is C22H20Cl2N2O2. The molecule has 1 N–H and O–H groups in total. The van der Waals surface area contributed by atoms with Crippen LogP contribution in [0.4, 0.5) is 0 Å². The zero-order chi connectivity index (χ0) is 19.9. The van der Waals surface area contributed by atoms with Crippen molar-refractivity contribution in [2.75, 3.05) is 0 Å². The predicted octanol–water partition coefficient (Wildman–Crippen LogP) is 5.54. The smallest absolute Gasteiger partial charge is 0.262 e. The Labute approximate surface area is 174 Å². The summed E-state index contributed by atoms with van der Waals surface area (Å²) in [6.45, 7) is 0.318. The minimum atomic E-state index is -0.313. The first-order valence-corrected chi connectivity index (χ1v) is 9.90. The van der Waals surface area contributed by atoms with Crippen molar-refractivity contribution < 1.29 is 9.53 Å². The summed E-state index contributed by atoms with van der Waals surface area (Å²) >= 11 is 12.0. The number of benzene rings is 2. The molecule has 1 fully saturated rings. The molecule has 0 spiro atoms. The van der Waals surface area contributed by atoms with Gasteiger partial charge < -0.3 is 10.1 Å². The molecule has 0 atom stereocenters. The van der Waals surface area contributed by atoms with E-state index >= 15 is 0 Å². The lowest BCUT2D eigenvalue weighted by molar-refractivity contribution is -0.117. The summed E-state index contributed by atoms with van der Waals surface area (Å²) in [5.74, 6) is 0.351. The lowest BCUT2D eigenvalue weighted by atomic mass is 10.1. The Kier molecular flexibility index (Phi) is 6.97. The van der Waals surface area contributed by atoms with Crippen LogP contribution in [-0.2, 0) is 11.4 Å². The van der Waals surface area contributed by atoms with Gasteiger partial charge in [-0.2, -0.15) is 5.26 Å². The normalized spacial score (nSPS) is 14.5. The van der Waals surface area contributed by atoms with Crippen LogP contribution >= 0.6 is 23.2 Å². The first kappa shape index (κ1) is 20.3. The fourth-order valence-electron chi connectivity index (χ4n) is 3.11. The van der Waals surface area contributed by atoms with E-state index in [9.17, 15) is 10.1 Å². The molecule has 1 saturated carbocycles. The molecule has 2 aromatic carbocycles. The SMILES string of the molecule is N#C/C(=C/c1ccc(OCc2ccc(Cl)cc2Cl)cc1)C(=O)NC1CCCC1. The summed E-state index contributed by atoms with van der Waals surface area (Å²) in [5.41, 5.74) is 1.70. The highest BCUT2D eigenvalue weighted by molar-refractivity contribution is 6.35. The van der Waals surface area contributed by atoms with Crippen molar-refractivity contribution >= 4 is 35.2 Å². The molecule has 144 valence electrons. The number of nitriles is 1. The molecule has 0 unspecified atom stereocenters. The molecule has 1 aliphatic carbocycles. The third kappa shape index (κ3) is 5.51. The Morgan fingerprint density at radius 1 is 1.18 bits per heavy atom. The first-order valence-electron chi connectivity index (χ1n) is 9.14. The zero-order valence-corrected chi connectivity index (χ0v) is 16.8. The largest absolute Gasteiger partial charge is 0.489 e. The third-order valence-corrected chi connectivity index (χ3v) is 5.24. The molecule has 28 heavy (non-hydrogen) atoms. The average molecular weight is 415 g/mol. The van der Waals surface area contributed by atoms with Crippen molar-refractivity contribution in [2.24, 2.45) is 0 Å². The summed E-state index contributed by atoms with van der Waals surface area (Å²) in [4.78, 5) is 12.3. The standard InChI is InChI=1S/C22H20Cl2N2O2/c23-18-8-7-16(21(24)12-18)14-28-20-9-5-15(6-10-20)11-17(13-25)22(27)26-19-3-1-2-4-19/h5-12,19H,1-4,14H2,(H,26,27)/b17-11-. The van der Waals surface area contributed by atoms with Crippen LogP contribution < -0.4 is 10.1 Å². The van der Waals surface area contributed by atoms with Crippen LogP contribution in [0.2, 0.25) is 10.0 Å². The van der Waals surface area contributed by atoms with Gasteiger partial charge >= 0.3 is 0 Å². The van der Waals surface area contributed by atoms with Gasteiger partial charge in [-0.05, 0) is 48.7 Å². The number of nitrogens with zero attached hydrogens (tertiary/aromatic N) is 1. The van der Waals surface area contributed by atoms with E-state index in [0.717, 1.165) is 36.8 Å². The Morgan fingerprint density at radius 2 is 1.89 bits per heavy atom. The van der Waals surface area contributed by atoms with Crippen molar-refractivity contribution in [3.63, 3.8) is 0 Å². The number of carbonyl (C=O) groups excluding carboxylic acids is 1. The second kappa shape index (κ2) is 9.64. The second-order valence-corrected chi connectivity index (χ2v) is 7.56. The molecule has 0 saturated heterocycles. The van der Waals surface area contributed by atoms with Crippen LogP contribution in [0.5, 0.6) is 5.75 Å². The molecule has 1 aliphatic rings. The molecule has 0 radical (unpaired) electrons. The van der Waals surface area contributed by atoms with E-state index < -0.39 is 0 Å². The van der Waals surface area contributed by atoms with E-state index in [2.05, 4.69) is 5.32 Å². The van der Waals surface area contributed by atoms with Crippen LogP contribution in [0.25, 0.3) is 6.08 Å². The highest BCUT2D eigenvalue weighted by Crippen LogP contribution is 2.23. The van der Waals surface area contributed by atoms with Crippen LogP contribution in [0.1, 0.15) is 36.8 Å². The molecule has 1 amide bonds. The van der Waals surface area contributed by atoms with Crippen molar-refractivity contribution in [3.8, 4) is 11.8 Å². The molecule has 0 aromatic heterocycles. The maximum atomic E-state index is 12.3. The number of hydrogen-bond acceptors (Lipinski definition) is 3. The van der Waals surface area contributed by atoms with Gasteiger partial charge in [-0.25, -0.2) is 0 Å². The zero-order valence-electron chi connectivity index (χ0n) is 15.3. The van der Waals surface area contributed by atoms with Gasteiger partial charge in [0.15, 0.2) is 0 Å². The monoisotopic (exact) mass is 414 g/mol. The van der Waals surface area contributed by atoms with Gasteiger partial charge in [0.05, 0.1) is 0 Å². The fraction of sp³-hybridized carbons (Fsp3) is 0.273. The van der Waals surface area contributed by atoms with E-state index in [1.54, 1.807) is 42.5 Å². The number of nitrogens with one attached hydrogen (secondary N) is 1. The van der Waals surface area contributed by atoms with Crippen LogP contribution in [0, 0.1) is 11.3 Å². The summed E-state index contributed by atoms with van der Waals surface area (Å²) in [6, 6.07) is 14.6. The minimum absolute atomic E-state index is 0.105. The van der Waals surface area contributed by atoms with Gasteiger partial charge in [0.1, 0.15) is 24.0 Å². The molecule has 0 heterocycles. The van der Waals surface area contributed by atoms with Crippen LogP contribution in [0.3, 0.4) is 0 Å². The van der Waals surface area contributed by atoms with Gasteiger partial charge in [-0.1, -0.05) is 54.2 Å². The lowest BCUT2D eigenvalue weighted by Crippen LogP contribution is -2.33. The maximum absolute atomic E-state index is 12.3. The van der Waals surface area contributed by atoms with Gasteiger partial charge in [0.2, 0.25) is 0 Å². The number of hydrogen-bond donors (Lipinski definition) is 1. The minimum Gasteiger partial charge on any atom is -0.489 e. The Morgan fingerprint density at radius 3 is 2.54 bits per heavy atom. The molecule has 4 nitrogen and oxygen atoms in total. The van der Waals surface area contributed by atoms with E-state index in [-0.39, 0.29) is 17.5 Å². The first-order chi connectivity index (χ1) is 13.5. The molecule has 0 bridgehead atoms. The van der Waals surface area contributed by atoms with E-state index in [1.165, 1.54) is 0 Å². The van der Waals surface area contributed by atoms with Crippen molar-refractivity contribution in [3.05, 3.63) is 69.2 Å². The highest BCUT2D eigenvalue weighted by atomic mass is 35.5. The predicted molar refractivity (Wildman–Crippen MR) is 111 cm³/mol. The number of halogens is 2. The quantitative estimate of drug-likeness (QED) is 0.498. The Bertz CT molecular complexity index is 911. The second-order valence-electron chi connectivity index (χ2n) is 6.72. The average Bonchev–Trinajstić information content (AvgIpc) is 3.19. The molecule has 0 aliphatic heterocycles.